The van der Waals surface area contributed by atoms with E-state index in [1.165, 1.54) is 11.3 Å². The van der Waals surface area contributed by atoms with E-state index in [9.17, 15) is 9.59 Å². The summed E-state index contributed by atoms with van der Waals surface area (Å²) in [6, 6.07) is 9.09. The molecule has 1 saturated carbocycles. The summed E-state index contributed by atoms with van der Waals surface area (Å²) in [4.78, 5) is 27.6. The van der Waals surface area contributed by atoms with E-state index in [1.54, 1.807) is 5.38 Å². The molecule has 0 bridgehead atoms. The molecule has 5 nitrogen and oxygen atoms in total. The smallest absolute Gasteiger partial charge is 0.326 e. The SMILES string of the molecule is O=C(NC(C(=O)O)C1CC1)c1csc(Cc2ccccc2)n1. The minimum Gasteiger partial charge on any atom is -0.480 e. The molecule has 0 aliphatic heterocycles. The number of aliphatic carboxylic acids is 1. The number of amides is 1. The zero-order chi connectivity index (χ0) is 15.5. The fourth-order valence-electron chi connectivity index (χ4n) is 2.29. The minimum absolute atomic E-state index is 0.0591. The van der Waals surface area contributed by atoms with Crippen LogP contribution >= 0.6 is 11.3 Å². The highest BCUT2D eigenvalue weighted by Crippen LogP contribution is 2.32. The Morgan fingerprint density at radius 2 is 2.05 bits per heavy atom. The van der Waals surface area contributed by atoms with Crippen LogP contribution in [0.1, 0.15) is 33.9 Å². The van der Waals surface area contributed by atoms with Crippen molar-refractivity contribution in [2.75, 3.05) is 0 Å². The molecule has 1 aliphatic rings. The van der Waals surface area contributed by atoms with Gasteiger partial charge in [-0.15, -0.1) is 11.3 Å². The number of rotatable bonds is 6. The highest BCUT2D eigenvalue weighted by Gasteiger charge is 2.37. The van der Waals surface area contributed by atoms with Crippen molar-refractivity contribution in [2.45, 2.75) is 25.3 Å². The summed E-state index contributed by atoms with van der Waals surface area (Å²) in [7, 11) is 0. The number of nitrogens with one attached hydrogen (secondary N) is 1. The Morgan fingerprint density at radius 1 is 1.32 bits per heavy atom. The van der Waals surface area contributed by atoms with E-state index in [-0.39, 0.29) is 5.92 Å². The summed E-state index contributed by atoms with van der Waals surface area (Å²) >= 11 is 1.41. The molecule has 22 heavy (non-hydrogen) atoms. The van der Waals surface area contributed by atoms with E-state index in [0.717, 1.165) is 23.4 Å². The third-order valence-corrected chi connectivity index (χ3v) is 4.48. The van der Waals surface area contributed by atoms with Gasteiger partial charge in [0.15, 0.2) is 0 Å². The zero-order valence-electron chi connectivity index (χ0n) is 11.9. The fourth-order valence-corrected chi connectivity index (χ4v) is 3.10. The average molecular weight is 316 g/mol. The second-order valence-electron chi connectivity index (χ2n) is 5.42. The van der Waals surface area contributed by atoms with Crippen LogP contribution in [0.4, 0.5) is 0 Å². The second kappa shape index (κ2) is 6.27. The van der Waals surface area contributed by atoms with E-state index in [2.05, 4.69) is 10.3 Å². The van der Waals surface area contributed by atoms with E-state index >= 15 is 0 Å². The van der Waals surface area contributed by atoms with Crippen molar-refractivity contribution in [3.8, 4) is 0 Å². The maximum atomic E-state index is 12.1. The van der Waals surface area contributed by atoms with Crippen LogP contribution in [0.25, 0.3) is 0 Å². The Balaban J connectivity index is 1.65. The van der Waals surface area contributed by atoms with Gasteiger partial charge < -0.3 is 10.4 Å². The number of carbonyl (C=O) groups excluding carboxylic acids is 1. The predicted molar refractivity (Wildman–Crippen MR) is 83.0 cm³/mol. The third kappa shape index (κ3) is 3.51. The Morgan fingerprint density at radius 3 is 2.68 bits per heavy atom. The molecule has 1 aliphatic carbocycles. The summed E-state index contributed by atoms with van der Waals surface area (Å²) in [5, 5.41) is 14.2. The molecule has 1 unspecified atom stereocenters. The maximum absolute atomic E-state index is 12.1. The first-order chi connectivity index (χ1) is 10.6. The number of carboxylic acids is 1. The van der Waals surface area contributed by atoms with Crippen LogP contribution in [0, 0.1) is 5.92 Å². The van der Waals surface area contributed by atoms with Crippen LogP contribution in [0.15, 0.2) is 35.7 Å². The summed E-state index contributed by atoms with van der Waals surface area (Å²) in [6.45, 7) is 0. The Hall–Kier alpha value is -2.21. The average Bonchev–Trinajstić information content (AvgIpc) is 3.24. The topological polar surface area (TPSA) is 79.3 Å². The highest BCUT2D eigenvalue weighted by atomic mass is 32.1. The molecule has 3 rings (SSSR count). The standard InChI is InChI=1S/C16H16N2O3S/c19-15(18-14(16(20)21)11-6-7-11)12-9-22-13(17-12)8-10-4-2-1-3-5-10/h1-5,9,11,14H,6-8H2,(H,18,19)(H,20,21). The quantitative estimate of drug-likeness (QED) is 0.857. The van der Waals surface area contributed by atoms with Gasteiger partial charge >= 0.3 is 5.97 Å². The number of nitrogens with zero attached hydrogens (tertiary/aromatic N) is 1. The molecular weight excluding hydrogens is 300 g/mol. The van der Waals surface area contributed by atoms with Crippen LogP contribution in [-0.2, 0) is 11.2 Å². The molecule has 6 heteroatoms. The second-order valence-corrected chi connectivity index (χ2v) is 6.36. The van der Waals surface area contributed by atoms with Crippen molar-refractivity contribution >= 4 is 23.2 Å². The Labute approximate surface area is 132 Å². The van der Waals surface area contributed by atoms with Crippen LogP contribution in [-0.4, -0.2) is 28.0 Å². The van der Waals surface area contributed by atoms with Crippen LogP contribution in [0.5, 0.6) is 0 Å². The lowest BCUT2D eigenvalue weighted by molar-refractivity contribution is -0.139. The molecule has 1 amide bonds. The van der Waals surface area contributed by atoms with Crippen LogP contribution < -0.4 is 5.32 Å². The highest BCUT2D eigenvalue weighted by molar-refractivity contribution is 7.09. The number of thiazole rings is 1. The number of benzene rings is 1. The summed E-state index contributed by atoms with van der Waals surface area (Å²) in [5.41, 5.74) is 1.42. The normalized spacial score (nSPS) is 15.3. The first-order valence-electron chi connectivity index (χ1n) is 7.15. The third-order valence-electron chi connectivity index (χ3n) is 3.63. The van der Waals surface area contributed by atoms with Gasteiger partial charge in [-0.3, -0.25) is 4.79 Å². The van der Waals surface area contributed by atoms with Crippen molar-refractivity contribution in [3.63, 3.8) is 0 Å². The van der Waals surface area contributed by atoms with Crippen LogP contribution in [0.2, 0.25) is 0 Å². The van der Waals surface area contributed by atoms with Crippen molar-refractivity contribution < 1.29 is 14.7 Å². The Kier molecular flexibility index (Phi) is 4.20. The molecule has 0 saturated heterocycles. The molecular formula is C16H16N2O3S. The molecule has 2 N–H and O–H groups in total. The summed E-state index contributed by atoms with van der Waals surface area (Å²) in [5.74, 6) is -1.32. The van der Waals surface area contributed by atoms with Gasteiger partial charge in [-0.1, -0.05) is 30.3 Å². The molecule has 1 atom stereocenters. The predicted octanol–water partition coefficient (Wildman–Crippen LogP) is 2.33. The van der Waals surface area contributed by atoms with Crippen molar-refractivity contribution in [1.29, 1.82) is 0 Å². The van der Waals surface area contributed by atoms with Gasteiger partial charge in [-0.05, 0) is 24.3 Å². The number of carboxylic acid groups (broad SMARTS) is 1. The molecule has 0 radical (unpaired) electrons. The number of carbonyl (C=O) groups is 2. The number of aromatic nitrogens is 1. The largest absolute Gasteiger partial charge is 0.480 e. The fraction of sp³-hybridized carbons (Fsp3) is 0.312. The first-order valence-corrected chi connectivity index (χ1v) is 8.03. The molecule has 1 fully saturated rings. The lowest BCUT2D eigenvalue weighted by Crippen LogP contribution is -2.42. The summed E-state index contributed by atoms with van der Waals surface area (Å²) in [6.07, 6.45) is 2.38. The molecule has 0 spiro atoms. The molecule has 1 heterocycles. The van der Waals surface area contributed by atoms with Crippen LogP contribution in [0.3, 0.4) is 0 Å². The lowest BCUT2D eigenvalue weighted by Gasteiger charge is -2.12. The molecule has 1 aromatic heterocycles. The van der Waals surface area contributed by atoms with Gasteiger partial charge in [-0.25, -0.2) is 9.78 Å². The molecule has 2 aromatic rings. The van der Waals surface area contributed by atoms with Crippen molar-refractivity contribution in [3.05, 3.63) is 52.0 Å². The van der Waals surface area contributed by atoms with Gasteiger partial charge in [0.25, 0.3) is 5.91 Å². The summed E-state index contributed by atoms with van der Waals surface area (Å²) < 4.78 is 0. The van der Waals surface area contributed by atoms with Gasteiger partial charge in [0, 0.05) is 11.8 Å². The van der Waals surface area contributed by atoms with Gasteiger partial charge in [0.05, 0.1) is 5.01 Å². The monoisotopic (exact) mass is 316 g/mol. The van der Waals surface area contributed by atoms with Gasteiger partial charge in [-0.2, -0.15) is 0 Å². The van der Waals surface area contributed by atoms with Crippen molar-refractivity contribution in [1.82, 2.24) is 10.3 Å². The van der Waals surface area contributed by atoms with Gasteiger partial charge in [0.1, 0.15) is 11.7 Å². The van der Waals surface area contributed by atoms with Crippen molar-refractivity contribution in [2.24, 2.45) is 5.92 Å². The number of hydrogen-bond donors (Lipinski definition) is 2. The lowest BCUT2D eigenvalue weighted by atomic mass is 10.2. The van der Waals surface area contributed by atoms with E-state index < -0.39 is 17.9 Å². The maximum Gasteiger partial charge on any atom is 0.326 e. The Bertz CT molecular complexity index is 680. The van der Waals surface area contributed by atoms with E-state index in [4.69, 9.17) is 5.11 Å². The minimum atomic E-state index is -0.976. The number of hydrogen-bond acceptors (Lipinski definition) is 4. The molecule has 1 aromatic carbocycles. The van der Waals surface area contributed by atoms with E-state index in [1.807, 2.05) is 30.3 Å². The molecule has 114 valence electrons. The zero-order valence-corrected chi connectivity index (χ0v) is 12.7. The first kappa shape index (κ1) is 14.7. The van der Waals surface area contributed by atoms with E-state index in [0.29, 0.717) is 12.1 Å². The van der Waals surface area contributed by atoms with Gasteiger partial charge in [0.2, 0.25) is 0 Å².